The molecule has 1 rings (SSSR count). The highest BCUT2D eigenvalue weighted by Crippen LogP contribution is 2.26. The molecular formula is C69H108O12. The number of carboxylic acids is 1. The average Bonchev–Trinajstić information content (AvgIpc) is 3.53. The number of ether oxygens (including phenoxy) is 5. The number of allylic oxidation sites excluding steroid dienone is 22. The monoisotopic (exact) mass is 1130 g/mol. The van der Waals surface area contributed by atoms with Crippen molar-refractivity contribution in [3.63, 3.8) is 0 Å². The topological polar surface area (TPSA) is 175 Å². The normalized spacial score (nSPS) is 18.7. The maximum absolute atomic E-state index is 13.2. The fourth-order valence-electron chi connectivity index (χ4n) is 8.50. The number of aliphatic hydroxyl groups is 2. The summed E-state index contributed by atoms with van der Waals surface area (Å²) < 4.78 is 28.4. The minimum Gasteiger partial charge on any atom is -0.479 e. The van der Waals surface area contributed by atoms with Crippen molar-refractivity contribution in [1.82, 2.24) is 0 Å². The number of carbonyl (C=O) groups is 4. The molecule has 12 nitrogen and oxygen atoms in total. The summed E-state index contributed by atoms with van der Waals surface area (Å²) >= 11 is 0. The fraction of sp³-hybridized carbons (Fsp3) is 0.623. The molecule has 1 saturated heterocycles. The number of aliphatic hydroxyl groups excluding tert-OH is 2. The minimum atomic E-state index is -1.93. The van der Waals surface area contributed by atoms with Crippen LogP contribution in [0.1, 0.15) is 226 Å². The van der Waals surface area contributed by atoms with Gasteiger partial charge in [-0.2, -0.15) is 0 Å². The highest BCUT2D eigenvalue weighted by molar-refractivity contribution is 5.74. The summed E-state index contributed by atoms with van der Waals surface area (Å²) in [5.41, 5.74) is 0. The second-order valence-corrected chi connectivity index (χ2v) is 20.6. The van der Waals surface area contributed by atoms with E-state index in [9.17, 15) is 34.5 Å². The van der Waals surface area contributed by atoms with E-state index in [0.29, 0.717) is 19.3 Å². The van der Waals surface area contributed by atoms with Gasteiger partial charge in [0, 0.05) is 19.3 Å². The van der Waals surface area contributed by atoms with Crippen molar-refractivity contribution in [2.45, 2.75) is 263 Å². The highest BCUT2D eigenvalue weighted by atomic mass is 16.7. The van der Waals surface area contributed by atoms with Crippen LogP contribution in [0.2, 0.25) is 0 Å². The standard InChI is InChI=1S/C69H108O12/c1-4-7-10-13-16-19-22-25-28-30-31-33-35-37-40-43-46-49-52-55-61(70)77-58-60(79-62(71)56-53-50-47-44-41-39-36-32-29-26-23-20-17-14-11-8-5-2)59-78-69-67(65(74)64(73)66(81-69)68(75)76)80-63(72)57-54-51-48-45-42-38-34-27-24-21-18-15-12-9-6-3/h7,9-10,12,16-21,25-29,31,33-34,37,40,46,49,60,64-67,69,73-74H,4-6,8,11,13-15,22-24,30,32,35-36,38-39,41-45,47-48,50-59H2,1-3H3,(H,75,76)/b10-7-,12-9-,19-16-,20-17-,21-18-,28-25-,29-26-,33-31-,34-27-,40-37-,49-46-. The number of esters is 3. The van der Waals surface area contributed by atoms with Crippen LogP contribution in [0.5, 0.6) is 0 Å². The Labute approximate surface area is 490 Å². The van der Waals surface area contributed by atoms with Gasteiger partial charge in [0.25, 0.3) is 0 Å². The molecule has 0 amide bonds. The maximum Gasteiger partial charge on any atom is 0.335 e. The van der Waals surface area contributed by atoms with Gasteiger partial charge in [-0.25, -0.2) is 4.79 Å². The molecule has 0 aromatic heterocycles. The molecule has 0 aliphatic carbocycles. The van der Waals surface area contributed by atoms with E-state index in [1.807, 2.05) is 12.2 Å². The van der Waals surface area contributed by atoms with Crippen LogP contribution in [-0.2, 0) is 42.9 Å². The molecule has 6 atom stereocenters. The molecule has 1 fully saturated rings. The Balaban J connectivity index is 2.75. The Kier molecular flexibility index (Phi) is 50.5. The molecule has 0 spiro atoms. The van der Waals surface area contributed by atoms with Crippen LogP contribution in [0.4, 0.5) is 0 Å². The van der Waals surface area contributed by atoms with Crippen molar-refractivity contribution in [3.05, 3.63) is 134 Å². The van der Waals surface area contributed by atoms with Crippen LogP contribution in [0.3, 0.4) is 0 Å². The number of hydrogen-bond donors (Lipinski definition) is 3. The van der Waals surface area contributed by atoms with Gasteiger partial charge in [0.2, 0.25) is 0 Å². The van der Waals surface area contributed by atoms with Gasteiger partial charge in [-0.3, -0.25) is 14.4 Å². The lowest BCUT2D eigenvalue weighted by Gasteiger charge is -2.40. The lowest BCUT2D eigenvalue weighted by Crippen LogP contribution is -2.61. The quantitative estimate of drug-likeness (QED) is 0.0228. The predicted molar refractivity (Wildman–Crippen MR) is 330 cm³/mol. The van der Waals surface area contributed by atoms with Crippen molar-refractivity contribution in [1.29, 1.82) is 0 Å². The van der Waals surface area contributed by atoms with Crippen molar-refractivity contribution < 1.29 is 58.2 Å². The number of carbonyl (C=O) groups excluding carboxylic acids is 3. The third kappa shape index (κ3) is 45.1. The molecule has 0 bridgehead atoms. The van der Waals surface area contributed by atoms with E-state index in [1.165, 1.54) is 19.3 Å². The summed E-state index contributed by atoms with van der Waals surface area (Å²) in [6.45, 7) is 5.66. The Morgan fingerprint density at radius 1 is 0.420 bits per heavy atom. The fourth-order valence-corrected chi connectivity index (χ4v) is 8.50. The molecule has 3 N–H and O–H groups in total. The van der Waals surface area contributed by atoms with E-state index < -0.39 is 67.3 Å². The van der Waals surface area contributed by atoms with Crippen molar-refractivity contribution in [3.8, 4) is 0 Å². The first-order chi connectivity index (χ1) is 39.6. The van der Waals surface area contributed by atoms with E-state index in [2.05, 4.69) is 142 Å². The molecule has 12 heteroatoms. The molecule has 0 saturated carbocycles. The van der Waals surface area contributed by atoms with Crippen molar-refractivity contribution >= 4 is 23.9 Å². The molecule has 0 aromatic rings. The second-order valence-electron chi connectivity index (χ2n) is 20.6. The average molecular weight is 1130 g/mol. The third-order valence-corrected chi connectivity index (χ3v) is 13.2. The van der Waals surface area contributed by atoms with E-state index in [4.69, 9.17) is 23.7 Å². The molecule has 0 aromatic carbocycles. The maximum atomic E-state index is 13.2. The zero-order valence-corrected chi connectivity index (χ0v) is 50.2. The number of aliphatic carboxylic acids is 1. The third-order valence-electron chi connectivity index (χ3n) is 13.2. The van der Waals surface area contributed by atoms with Crippen molar-refractivity contribution in [2.24, 2.45) is 0 Å². The molecule has 1 heterocycles. The number of hydrogen-bond acceptors (Lipinski definition) is 11. The van der Waals surface area contributed by atoms with E-state index >= 15 is 0 Å². The lowest BCUT2D eigenvalue weighted by atomic mass is 9.98. The molecule has 6 unspecified atom stereocenters. The molecular weight excluding hydrogens is 1020 g/mol. The number of unbranched alkanes of at least 4 members (excludes halogenated alkanes) is 15. The van der Waals surface area contributed by atoms with Crippen LogP contribution < -0.4 is 0 Å². The zero-order chi connectivity index (χ0) is 58.9. The number of rotatable bonds is 51. The minimum absolute atomic E-state index is 0.0258. The predicted octanol–water partition coefficient (Wildman–Crippen LogP) is 16.6. The molecule has 0 radical (unpaired) electrons. The van der Waals surface area contributed by atoms with Crippen LogP contribution in [-0.4, -0.2) is 89.2 Å². The van der Waals surface area contributed by atoms with Gasteiger partial charge in [0.1, 0.15) is 18.8 Å². The Hall–Kier alpha value is -5.14. The molecule has 1 aliphatic rings. The zero-order valence-electron chi connectivity index (χ0n) is 50.2. The van der Waals surface area contributed by atoms with Crippen molar-refractivity contribution in [2.75, 3.05) is 13.2 Å². The summed E-state index contributed by atoms with van der Waals surface area (Å²) in [4.78, 5) is 51.2. The Morgan fingerprint density at radius 2 is 0.802 bits per heavy atom. The van der Waals surface area contributed by atoms with Gasteiger partial charge in [-0.1, -0.05) is 219 Å². The van der Waals surface area contributed by atoms with Crippen LogP contribution in [0.25, 0.3) is 0 Å². The smallest absolute Gasteiger partial charge is 0.335 e. The van der Waals surface area contributed by atoms with Crippen LogP contribution in [0, 0.1) is 0 Å². The largest absolute Gasteiger partial charge is 0.479 e. The van der Waals surface area contributed by atoms with E-state index in [0.717, 1.165) is 148 Å². The Morgan fingerprint density at radius 3 is 1.23 bits per heavy atom. The van der Waals surface area contributed by atoms with E-state index in [1.54, 1.807) is 0 Å². The molecule has 1 aliphatic heterocycles. The molecule has 81 heavy (non-hydrogen) atoms. The summed E-state index contributed by atoms with van der Waals surface area (Å²) in [5, 5.41) is 31.5. The van der Waals surface area contributed by atoms with E-state index in [-0.39, 0.29) is 25.9 Å². The summed E-state index contributed by atoms with van der Waals surface area (Å²) in [7, 11) is 0. The second kappa shape index (κ2) is 55.4. The van der Waals surface area contributed by atoms with Crippen LogP contribution >= 0.6 is 0 Å². The first-order valence-electron chi connectivity index (χ1n) is 31.2. The lowest BCUT2D eigenvalue weighted by molar-refractivity contribution is -0.301. The first-order valence-corrected chi connectivity index (χ1v) is 31.2. The highest BCUT2D eigenvalue weighted by Gasteiger charge is 2.50. The van der Waals surface area contributed by atoms with Gasteiger partial charge in [0.05, 0.1) is 6.61 Å². The van der Waals surface area contributed by atoms with Crippen LogP contribution in [0.15, 0.2) is 134 Å². The summed E-state index contributed by atoms with van der Waals surface area (Å²) in [6.07, 6.45) is 65.6. The Bertz CT molecular complexity index is 1920. The summed E-state index contributed by atoms with van der Waals surface area (Å²) in [5.74, 6) is -3.28. The SMILES string of the molecule is CC/C=C\C/C=C\C/C=C\C/C=C\C/C=C\C/C=C\CCC(=O)OCC(COC1OC(C(=O)O)C(O)C(O)C1OC(=O)CCCCCCC/C=C\C/C=C\C/C=C\CC)OC(=O)CCCCCCCCC/C=C\C/C=C\CCCCC. The van der Waals surface area contributed by atoms with Gasteiger partial charge in [0.15, 0.2) is 24.6 Å². The summed E-state index contributed by atoms with van der Waals surface area (Å²) in [6, 6.07) is 0. The molecule has 456 valence electrons. The van der Waals surface area contributed by atoms with Gasteiger partial charge in [-0.15, -0.1) is 0 Å². The van der Waals surface area contributed by atoms with Gasteiger partial charge < -0.3 is 39.0 Å². The van der Waals surface area contributed by atoms with Gasteiger partial charge in [-0.05, 0) is 122 Å². The first kappa shape index (κ1) is 73.9. The van der Waals surface area contributed by atoms with Gasteiger partial charge >= 0.3 is 23.9 Å². The number of carboxylic acid groups (broad SMARTS) is 1.